The molecule has 1 unspecified atom stereocenters. The molecule has 1 saturated carbocycles. The van der Waals surface area contributed by atoms with Crippen molar-refractivity contribution in [3.05, 3.63) is 24.3 Å². The second-order valence-corrected chi connectivity index (χ2v) is 7.22. The summed E-state index contributed by atoms with van der Waals surface area (Å²) in [6.07, 6.45) is 2.06. The minimum absolute atomic E-state index is 0.0469. The van der Waals surface area contributed by atoms with E-state index in [0.29, 0.717) is 11.6 Å². The van der Waals surface area contributed by atoms with Gasteiger partial charge in [0.25, 0.3) is 0 Å². The summed E-state index contributed by atoms with van der Waals surface area (Å²) >= 11 is 0. The predicted octanol–water partition coefficient (Wildman–Crippen LogP) is 2.26. The fraction of sp³-hybridized carbons (Fsp3) is 0.538. The molecule has 0 bridgehead atoms. The smallest absolute Gasteiger partial charge is 0.341 e. The van der Waals surface area contributed by atoms with Crippen LogP contribution < -0.4 is 5.32 Å². The molecule has 1 atom stereocenters. The number of rotatable bonds is 6. The van der Waals surface area contributed by atoms with Gasteiger partial charge < -0.3 is 10.4 Å². The lowest BCUT2D eigenvalue weighted by Gasteiger charge is -2.30. The zero-order valence-electron chi connectivity index (χ0n) is 11.0. The van der Waals surface area contributed by atoms with E-state index in [4.69, 9.17) is 0 Å². The van der Waals surface area contributed by atoms with Crippen molar-refractivity contribution < 1.29 is 22.3 Å². The lowest BCUT2D eigenvalue weighted by atomic mass is 9.96. The number of alkyl halides is 2. The maximum atomic E-state index is 12.4. The molecule has 4 nitrogen and oxygen atoms in total. The van der Waals surface area contributed by atoms with E-state index in [1.165, 1.54) is 12.1 Å². The number of nitrogens with one attached hydrogen (secondary N) is 1. The fourth-order valence-electron chi connectivity index (χ4n) is 2.15. The summed E-state index contributed by atoms with van der Waals surface area (Å²) in [6.45, 7) is 1.84. The number of aliphatic hydroxyl groups excluding tert-OH is 1. The fourth-order valence-corrected chi connectivity index (χ4v) is 2.87. The molecule has 1 fully saturated rings. The first kappa shape index (κ1) is 15.2. The van der Waals surface area contributed by atoms with Gasteiger partial charge in [0.15, 0.2) is 0 Å². The van der Waals surface area contributed by atoms with Gasteiger partial charge in [-0.2, -0.15) is 8.78 Å². The Hall–Kier alpha value is -1.21. The molecular weight excluding hydrogens is 288 g/mol. The van der Waals surface area contributed by atoms with Crippen LogP contribution >= 0.6 is 0 Å². The van der Waals surface area contributed by atoms with Gasteiger partial charge in [-0.3, -0.25) is 0 Å². The molecule has 2 rings (SSSR count). The van der Waals surface area contributed by atoms with Gasteiger partial charge in [-0.25, -0.2) is 8.42 Å². The molecule has 0 aliphatic heterocycles. The van der Waals surface area contributed by atoms with E-state index in [1.54, 1.807) is 0 Å². The average molecular weight is 305 g/mol. The second kappa shape index (κ2) is 5.29. The van der Waals surface area contributed by atoms with Crippen molar-refractivity contribution in [2.45, 2.75) is 36.0 Å². The minimum atomic E-state index is -4.56. The third kappa shape index (κ3) is 2.93. The highest BCUT2D eigenvalue weighted by atomic mass is 32.2. The lowest BCUT2D eigenvalue weighted by molar-refractivity contribution is 0.206. The third-order valence-corrected chi connectivity index (χ3v) is 5.05. The summed E-state index contributed by atoms with van der Waals surface area (Å²) < 4.78 is 47.4. The van der Waals surface area contributed by atoms with Gasteiger partial charge in [-0.15, -0.1) is 0 Å². The minimum Gasteiger partial charge on any atom is -0.394 e. The molecule has 0 amide bonds. The summed E-state index contributed by atoms with van der Waals surface area (Å²) in [5.74, 6) is -3.05. The van der Waals surface area contributed by atoms with Crippen molar-refractivity contribution in [1.29, 1.82) is 0 Å². The summed E-state index contributed by atoms with van der Waals surface area (Å²) in [7, 11) is -4.56. The Morgan fingerprint density at radius 2 is 1.90 bits per heavy atom. The number of halogens is 2. The summed E-state index contributed by atoms with van der Waals surface area (Å²) in [5, 5.41) is 12.6. The number of anilines is 1. The van der Waals surface area contributed by atoms with Gasteiger partial charge in [0, 0.05) is 5.69 Å². The largest absolute Gasteiger partial charge is 0.394 e. The van der Waals surface area contributed by atoms with E-state index in [2.05, 4.69) is 5.32 Å². The molecule has 0 heterocycles. The van der Waals surface area contributed by atoms with Crippen LogP contribution in [0.25, 0.3) is 0 Å². The molecule has 112 valence electrons. The number of hydrogen-bond donors (Lipinski definition) is 2. The highest BCUT2D eigenvalue weighted by Crippen LogP contribution is 2.41. The average Bonchev–Trinajstić information content (AvgIpc) is 3.23. The van der Waals surface area contributed by atoms with Crippen molar-refractivity contribution in [2.75, 3.05) is 11.9 Å². The maximum Gasteiger partial charge on any atom is 0.341 e. The summed E-state index contributed by atoms with van der Waals surface area (Å²) in [6, 6.07) is 5.17. The number of sulfone groups is 1. The van der Waals surface area contributed by atoms with Gasteiger partial charge in [-0.1, -0.05) is 0 Å². The van der Waals surface area contributed by atoms with E-state index < -0.39 is 26.0 Å². The van der Waals surface area contributed by atoms with Crippen LogP contribution in [0.4, 0.5) is 14.5 Å². The van der Waals surface area contributed by atoms with Crippen LogP contribution in [0.5, 0.6) is 0 Å². The number of benzene rings is 1. The first-order valence-corrected chi connectivity index (χ1v) is 7.85. The SMILES string of the molecule is CC(CO)(Nc1ccc(S(=O)(=O)C(F)F)cc1)C1CC1. The van der Waals surface area contributed by atoms with Crippen LogP contribution in [-0.4, -0.2) is 31.4 Å². The number of aliphatic hydroxyl groups is 1. The maximum absolute atomic E-state index is 12.4. The molecule has 0 spiro atoms. The van der Waals surface area contributed by atoms with Crippen LogP contribution in [-0.2, 0) is 9.84 Å². The van der Waals surface area contributed by atoms with Gasteiger partial charge in [0.05, 0.1) is 17.0 Å². The molecule has 0 saturated heterocycles. The van der Waals surface area contributed by atoms with Crippen LogP contribution in [0, 0.1) is 5.92 Å². The van der Waals surface area contributed by atoms with Gasteiger partial charge >= 0.3 is 5.76 Å². The van der Waals surface area contributed by atoms with Gasteiger partial charge in [-0.05, 0) is 49.9 Å². The Morgan fingerprint density at radius 1 is 1.35 bits per heavy atom. The van der Waals surface area contributed by atoms with Crippen molar-refractivity contribution in [3.8, 4) is 0 Å². The molecule has 0 radical (unpaired) electrons. The Labute approximate surface area is 116 Å². The Bertz CT molecular complexity index is 570. The highest BCUT2D eigenvalue weighted by Gasteiger charge is 2.41. The second-order valence-electron chi connectivity index (χ2n) is 5.30. The standard InChI is InChI=1S/C13H17F2NO3S/c1-13(8-17,9-2-3-9)16-10-4-6-11(7-5-10)20(18,19)12(14)15/h4-7,9,12,16-17H,2-3,8H2,1H3. The van der Waals surface area contributed by atoms with Crippen molar-refractivity contribution >= 4 is 15.5 Å². The van der Waals surface area contributed by atoms with Crippen molar-refractivity contribution in [2.24, 2.45) is 5.92 Å². The molecule has 1 aliphatic carbocycles. The Kier molecular flexibility index (Phi) is 4.02. The van der Waals surface area contributed by atoms with Crippen molar-refractivity contribution in [1.82, 2.24) is 0 Å². The molecular formula is C13H17F2NO3S. The van der Waals surface area contributed by atoms with Crippen LogP contribution in [0.1, 0.15) is 19.8 Å². The normalized spacial score (nSPS) is 18.9. The van der Waals surface area contributed by atoms with E-state index in [-0.39, 0.29) is 6.61 Å². The van der Waals surface area contributed by atoms with E-state index >= 15 is 0 Å². The summed E-state index contributed by atoms with van der Waals surface area (Å²) in [4.78, 5) is -0.407. The van der Waals surface area contributed by atoms with Gasteiger partial charge in [0.2, 0.25) is 9.84 Å². The number of hydrogen-bond acceptors (Lipinski definition) is 4. The van der Waals surface area contributed by atoms with E-state index in [9.17, 15) is 22.3 Å². The lowest BCUT2D eigenvalue weighted by Crippen LogP contribution is -2.41. The topological polar surface area (TPSA) is 66.4 Å². The first-order chi connectivity index (χ1) is 9.29. The van der Waals surface area contributed by atoms with Crippen molar-refractivity contribution in [3.63, 3.8) is 0 Å². The quantitative estimate of drug-likeness (QED) is 0.846. The molecule has 20 heavy (non-hydrogen) atoms. The Balaban J connectivity index is 2.17. The summed E-state index contributed by atoms with van der Waals surface area (Å²) in [5.41, 5.74) is 0.130. The zero-order chi connectivity index (χ0) is 15.0. The molecule has 1 aliphatic rings. The molecule has 0 aromatic heterocycles. The molecule has 2 N–H and O–H groups in total. The third-order valence-electron chi connectivity index (χ3n) is 3.65. The van der Waals surface area contributed by atoms with Crippen LogP contribution in [0.15, 0.2) is 29.2 Å². The predicted molar refractivity (Wildman–Crippen MR) is 71.5 cm³/mol. The Morgan fingerprint density at radius 3 is 2.30 bits per heavy atom. The first-order valence-electron chi connectivity index (χ1n) is 6.31. The van der Waals surface area contributed by atoms with Crippen LogP contribution in [0.2, 0.25) is 0 Å². The van der Waals surface area contributed by atoms with Crippen LogP contribution in [0.3, 0.4) is 0 Å². The highest BCUT2D eigenvalue weighted by molar-refractivity contribution is 7.91. The van der Waals surface area contributed by atoms with E-state index in [0.717, 1.165) is 25.0 Å². The van der Waals surface area contributed by atoms with Gasteiger partial charge in [0.1, 0.15) is 0 Å². The zero-order valence-corrected chi connectivity index (χ0v) is 11.8. The molecule has 1 aromatic rings. The van der Waals surface area contributed by atoms with E-state index in [1.807, 2.05) is 6.92 Å². The molecule has 1 aromatic carbocycles. The molecule has 7 heteroatoms. The monoisotopic (exact) mass is 305 g/mol.